The minimum Gasteiger partial charge on any atom is -0.457 e. The van der Waals surface area contributed by atoms with Gasteiger partial charge >= 0.3 is 0 Å². The Morgan fingerprint density at radius 3 is 2.14 bits per heavy atom. The topological polar surface area (TPSA) is 79.0 Å². The highest BCUT2D eigenvalue weighted by atomic mass is 32.2. The maximum Gasteiger partial charge on any atom is 0.243 e. The number of para-hydroxylation sites is 1. The molecule has 1 fully saturated rings. The largest absolute Gasteiger partial charge is 0.457 e. The van der Waals surface area contributed by atoms with Crippen LogP contribution < -0.4 is 19.3 Å². The SMILES string of the molecule is C[C@H](C(=O)NCc1ccc(N2CCCCC2)cc1)N(c1ccc(Oc2ccccc2)cc1)S(C)(=O)=O. The Hall–Kier alpha value is -3.52. The second-order valence-electron chi connectivity index (χ2n) is 9.08. The van der Waals surface area contributed by atoms with Gasteiger partial charge in [-0.15, -0.1) is 0 Å². The number of carbonyl (C=O) groups excluding carboxylic acids is 1. The molecule has 8 heteroatoms. The van der Waals surface area contributed by atoms with Crippen molar-refractivity contribution in [3.63, 3.8) is 0 Å². The van der Waals surface area contributed by atoms with E-state index in [9.17, 15) is 13.2 Å². The lowest BCUT2D eigenvalue weighted by Gasteiger charge is -2.29. The van der Waals surface area contributed by atoms with Gasteiger partial charge in [0, 0.05) is 25.3 Å². The van der Waals surface area contributed by atoms with Gasteiger partial charge < -0.3 is 15.0 Å². The Morgan fingerprint density at radius 1 is 0.917 bits per heavy atom. The highest BCUT2D eigenvalue weighted by Crippen LogP contribution is 2.27. The molecule has 3 aromatic carbocycles. The van der Waals surface area contributed by atoms with Gasteiger partial charge in [-0.2, -0.15) is 0 Å². The number of benzene rings is 3. The van der Waals surface area contributed by atoms with Gasteiger partial charge in [-0.3, -0.25) is 9.10 Å². The van der Waals surface area contributed by atoms with E-state index in [1.54, 1.807) is 31.2 Å². The van der Waals surface area contributed by atoms with Gasteiger partial charge in [0.25, 0.3) is 0 Å². The Balaban J connectivity index is 1.39. The Bertz CT molecular complexity index is 1240. The molecule has 0 aromatic heterocycles. The monoisotopic (exact) mass is 507 g/mol. The zero-order valence-corrected chi connectivity index (χ0v) is 21.6. The van der Waals surface area contributed by atoms with Crippen LogP contribution in [0.2, 0.25) is 0 Å². The van der Waals surface area contributed by atoms with Gasteiger partial charge in [-0.1, -0.05) is 30.3 Å². The summed E-state index contributed by atoms with van der Waals surface area (Å²) in [4.78, 5) is 15.3. The zero-order valence-electron chi connectivity index (χ0n) is 20.8. The van der Waals surface area contributed by atoms with Crippen LogP contribution in [0, 0.1) is 0 Å². The van der Waals surface area contributed by atoms with E-state index in [2.05, 4.69) is 22.3 Å². The van der Waals surface area contributed by atoms with Crippen molar-refractivity contribution < 1.29 is 17.9 Å². The molecule has 1 amide bonds. The van der Waals surface area contributed by atoms with Gasteiger partial charge in [-0.25, -0.2) is 8.42 Å². The number of anilines is 2. The molecule has 0 spiro atoms. The maximum absolute atomic E-state index is 13.0. The van der Waals surface area contributed by atoms with Crippen molar-refractivity contribution in [3.8, 4) is 11.5 Å². The molecule has 0 saturated carbocycles. The van der Waals surface area contributed by atoms with Crippen LogP contribution in [0.25, 0.3) is 0 Å². The number of nitrogens with zero attached hydrogens (tertiary/aromatic N) is 2. The third-order valence-corrected chi connectivity index (χ3v) is 7.52. The summed E-state index contributed by atoms with van der Waals surface area (Å²) in [5, 5.41) is 2.88. The van der Waals surface area contributed by atoms with Crippen LogP contribution in [-0.2, 0) is 21.4 Å². The average molecular weight is 508 g/mol. The number of hydrogen-bond donors (Lipinski definition) is 1. The lowest BCUT2D eigenvalue weighted by atomic mass is 10.1. The summed E-state index contributed by atoms with van der Waals surface area (Å²) in [5.41, 5.74) is 2.55. The number of rotatable bonds is 9. The van der Waals surface area contributed by atoms with Crippen molar-refractivity contribution in [1.29, 1.82) is 0 Å². The molecule has 0 bridgehead atoms. The molecule has 1 heterocycles. The molecule has 1 N–H and O–H groups in total. The maximum atomic E-state index is 13.0. The van der Waals surface area contributed by atoms with E-state index in [-0.39, 0.29) is 5.91 Å². The molecule has 7 nitrogen and oxygen atoms in total. The van der Waals surface area contributed by atoms with E-state index in [0.717, 1.165) is 29.2 Å². The number of ether oxygens (including phenoxy) is 1. The number of piperidine rings is 1. The highest BCUT2D eigenvalue weighted by molar-refractivity contribution is 7.92. The summed E-state index contributed by atoms with van der Waals surface area (Å²) in [6, 6.07) is 23.2. The molecule has 1 saturated heterocycles. The molecule has 4 rings (SSSR count). The Morgan fingerprint density at radius 2 is 1.53 bits per heavy atom. The first-order valence-corrected chi connectivity index (χ1v) is 14.1. The van der Waals surface area contributed by atoms with E-state index in [4.69, 9.17) is 4.74 Å². The van der Waals surface area contributed by atoms with Crippen molar-refractivity contribution in [1.82, 2.24) is 5.32 Å². The smallest absolute Gasteiger partial charge is 0.243 e. The van der Waals surface area contributed by atoms with E-state index in [1.165, 1.54) is 24.9 Å². The van der Waals surface area contributed by atoms with Crippen LogP contribution in [-0.4, -0.2) is 39.7 Å². The fourth-order valence-corrected chi connectivity index (χ4v) is 5.58. The summed E-state index contributed by atoms with van der Waals surface area (Å²) in [7, 11) is -3.71. The van der Waals surface area contributed by atoms with Crippen LogP contribution in [0.3, 0.4) is 0 Å². The molecule has 36 heavy (non-hydrogen) atoms. The second-order valence-corrected chi connectivity index (χ2v) is 10.9. The van der Waals surface area contributed by atoms with Gasteiger partial charge in [0.05, 0.1) is 11.9 Å². The van der Waals surface area contributed by atoms with Gasteiger partial charge in [0.15, 0.2) is 0 Å². The van der Waals surface area contributed by atoms with E-state index in [1.807, 2.05) is 42.5 Å². The number of hydrogen-bond acceptors (Lipinski definition) is 5. The number of amides is 1. The summed E-state index contributed by atoms with van der Waals surface area (Å²) in [6.45, 7) is 4.07. The van der Waals surface area contributed by atoms with Crippen LogP contribution in [0.4, 0.5) is 11.4 Å². The average Bonchev–Trinajstić information content (AvgIpc) is 2.89. The summed E-state index contributed by atoms with van der Waals surface area (Å²) >= 11 is 0. The van der Waals surface area contributed by atoms with Crippen molar-refractivity contribution in [2.45, 2.75) is 38.8 Å². The van der Waals surface area contributed by atoms with Crippen molar-refractivity contribution in [2.24, 2.45) is 0 Å². The lowest BCUT2D eigenvalue weighted by Crippen LogP contribution is -2.47. The molecule has 0 aliphatic carbocycles. The van der Waals surface area contributed by atoms with Crippen molar-refractivity contribution in [3.05, 3.63) is 84.4 Å². The molecule has 3 aromatic rings. The molecule has 1 atom stereocenters. The Labute approximate surface area is 213 Å². The van der Waals surface area contributed by atoms with E-state index < -0.39 is 16.1 Å². The van der Waals surface area contributed by atoms with Crippen LogP contribution >= 0.6 is 0 Å². The summed E-state index contributed by atoms with van der Waals surface area (Å²) in [6.07, 6.45) is 4.82. The number of nitrogens with one attached hydrogen (secondary N) is 1. The number of carbonyl (C=O) groups is 1. The van der Waals surface area contributed by atoms with Crippen molar-refractivity contribution >= 4 is 27.3 Å². The first kappa shape index (κ1) is 25.6. The Kier molecular flexibility index (Phi) is 8.15. The summed E-state index contributed by atoms with van der Waals surface area (Å²) < 4.78 is 32.2. The lowest BCUT2D eigenvalue weighted by molar-refractivity contribution is -0.122. The van der Waals surface area contributed by atoms with Crippen molar-refractivity contribution in [2.75, 3.05) is 28.6 Å². The minimum atomic E-state index is -3.71. The third-order valence-electron chi connectivity index (χ3n) is 6.28. The number of sulfonamides is 1. The predicted octanol–water partition coefficient (Wildman–Crippen LogP) is 4.94. The first-order chi connectivity index (χ1) is 17.3. The molecule has 0 radical (unpaired) electrons. The van der Waals surface area contributed by atoms with E-state index in [0.29, 0.717) is 23.7 Å². The molecule has 1 aliphatic heterocycles. The molecule has 0 unspecified atom stereocenters. The zero-order chi connectivity index (χ0) is 25.5. The fraction of sp³-hybridized carbons (Fsp3) is 0.321. The normalized spacial score (nSPS) is 14.7. The highest BCUT2D eigenvalue weighted by Gasteiger charge is 2.29. The van der Waals surface area contributed by atoms with Crippen LogP contribution in [0.1, 0.15) is 31.7 Å². The summed E-state index contributed by atoms with van der Waals surface area (Å²) in [5.74, 6) is 0.885. The molecular weight excluding hydrogens is 474 g/mol. The standard InChI is InChI=1S/C28H33N3O4S/c1-22(28(32)29-21-23-11-13-24(14-12-23)30-19-7-4-8-20-30)31(36(2,33)34)25-15-17-27(18-16-25)35-26-9-5-3-6-10-26/h3,5-6,9-18,22H,4,7-8,19-21H2,1-2H3,(H,29,32)/t22-/m1/s1. The van der Waals surface area contributed by atoms with Crippen LogP contribution in [0.15, 0.2) is 78.9 Å². The third kappa shape index (κ3) is 6.57. The molecule has 190 valence electrons. The van der Waals surface area contributed by atoms with Crippen LogP contribution in [0.5, 0.6) is 11.5 Å². The van der Waals surface area contributed by atoms with E-state index >= 15 is 0 Å². The van der Waals surface area contributed by atoms with Gasteiger partial charge in [0.2, 0.25) is 15.9 Å². The van der Waals surface area contributed by atoms with Gasteiger partial charge in [0.1, 0.15) is 17.5 Å². The quantitative estimate of drug-likeness (QED) is 0.444. The fourth-order valence-electron chi connectivity index (χ4n) is 4.41. The second kappa shape index (κ2) is 11.5. The molecular formula is C28H33N3O4S. The van der Waals surface area contributed by atoms with Gasteiger partial charge in [-0.05, 0) is 80.3 Å². The first-order valence-electron chi connectivity index (χ1n) is 12.3. The molecule has 1 aliphatic rings. The predicted molar refractivity (Wildman–Crippen MR) is 144 cm³/mol. The minimum absolute atomic E-state index is 0.324.